The van der Waals surface area contributed by atoms with Crippen molar-refractivity contribution in [2.24, 2.45) is 0 Å². The Bertz CT molecular complexity index is 1050. The zero-order valence-electron chi connectivity index (χ0n) is 15.5. The molecule has 4 rings (SSSR count). The van der Waals surface area contributed by atoms with E-state index in [4.69, 9.17) is 5.26 Å². The fourth-order valence-electron chi connectivity index (χ4n) is 3.19. The maximum absolute atomic E-state index is 12.4. The molecule has 142 valence electrons. The van der Waals surface area contributed by atoms with E-state index in [0.29, 0.717) is 18.2 Å². The van der Waals surface area contributed by atoms with E-state index in [2.05, 4.69) is 32.8 Å². The number of hydrogen-bond donors (Lipinski definition) is 2. The monoisotopic (exact) mass is 392 g/mol. The van der Waals surface area contributed by atoms with Gasteiger partial charge in [0.2, 0.25) is 0 Å². The van der Waals surface area contributed by atoms with Crippen molar-refractivity contribution >= 4 is 44.1 Å². The van der Waals surface area contributed by atoms with Crippen LogP contribution in [0.1, 0.15) is 5.56 Å². The first-order valence-electron chi connectivity index (χ1n) is 9.05. The Kier molecular flexibility index (Phi) is 5.00. The summed E-state index contributed by atoms with van der Waals surface area (Å²) < 4.78 is 1.05. The number of aryl methyl sites for hydroxylation is 1. The van der Waals surface area contributed by atoms with E-state index < -0.39 is 0 Å². The second-order valence-corrected chi connectivity index (χ2v) is 7.72. The molecule has 1 aromatic heterocycles. The van der Waals surface area contributed by atoms with Gasteiger partial charge in [0.15, 0.2) is 11.3 Å². The fourth-order valence-corrected chi connectivity index (χ4v) is 4.15. The first kappa shape index (κ1) is 18.1. The van der Waals surface area contributed by atoms with Crippen LogP contribution in [0.5, 0.6) is 0 Å². The van der Waals surface area contributed by atoms with Gasteiger partial charge in [0.05, 0.1) is 10.2 Å². The molecule has 3 aromatic rings. The quantitative estimate of drug-likeness (QED) is 0.662. The number of carbonyl (C=O) groups is 1. The molecule has 1 aliphatic rings. The van der Waals surface area contributed by atoms with Gasteiger partial charge in [-0.05, 0) is 42.8 Å². The lowest BCUT2D eigenvalue weighted by Gasteiger charge is -2.33. The van der Waals surface area contributed by atoms with Gasteiger partial charge in [0, 0.05) is 37.6 Å². The van der Waals surface area contributed by atoms with Crippen molar-refractivity contribution in [2.45, 2.75) is 6.92 Å². The highest BCUT2D eigenvalue weighted by Gasteiger charge is 2.16. The topological polar surface area (TPSA) is 84.3 Å². The number of hydrogen-bond acceptors (Lipinski definition) is 6. The van der Waals surface area contributed by atoms with E-state index in [1.807, 2.05) is 43.3 Å². The van der Waals surface area contributed by atoms with Crippen molar-refractivity contribution in [1.82, 2.24) is 9.88 Å². The highest BCUT2D eigenvalue weighted by Crippen LogP contribution is 2.27. The average molecular weight is 392 g/mol. The number of piperazine rings is 1. The molecule has 0 radical (unpaired) electrons. The van der Waals surface area contributed by atoms with E-state index in [-0.39, 0.29) is 6.03 Å². The van der Waals surface area contributed by atoms with Gasteiger partial charge in [-0.1, -0.05) is 23.5 Å². The molecular formula is C20H20N6OS. The van der Waals surface area contributed by atoms with E-state index >= 15 is 0 Å². The number of urea groups is 1. The summed E-state index contributed by atoms with van der Waals surface area (Å²) in [4.78, 5) is 20.8. The molecule has 2 aromatic carbocycles. The van der Waals surface area contributed by atoms with Crippen LogP contribution in [0.25, 0.3) is 10.2 Å². The average Bonchev–Trinajstić information content (AvgIpc) is 3.09. The third-order valence-electron chi connectivity index (χ3n) is 4.65. The lowest BCUT2D eigenvalue weighted by molar-refractivity contribution is 0.262. The minimum Gasteiger partial charge on any atom is -0.368 e. The predicted molar refractivity (Wildman–Crippen MR) is 113 cm³/mol. The number of benzene rings is 2. The van der Waals surface area contributed by atoms with Gasteiger partial charge in [-0.2, -0.15) is 5.26 Å². The number of amides is 2. The van der Waals surface area contributed by atoms with Crippen molar-refractivity contribution < 1.29 is 4.79 Å². The summed E-state index contributed by atoms with van der Waals surface area (Å²) in [5, 5.41) is 15.2. The molecule has 8 heteroatoms. The molecule has 0 aliphatic carbocycles. The van der Waals surface area contributed by atoms with Crippen LogP contribution in [0.2, 0.25) is 0 Å². The third kappa shape index (κ3) is 4.00. The SMILES string of the molecule is Cc1ccc2nc(NC(=O)Nc3cccc(N4CCN(C#N)CC4)c3)sc2c1. The molecule has 0 saturated carbocycles. The van der Waals surface area contributed by atoms with Crippen molar-refractivity contribution in [3.63, 3.8) is 0 Å². The van der Waals surface area contributed by atoms with Gasteiger partial charge in [0.1, 0.15) is 0 Å². The maximum Gasteiger partial charge on any atom is 0.325 e. The Morgan fingerprint density at radius 2 is 1.96 bits per heavy atom. The van der Waals surface area contributed by atoms with Crippen LogP contribution < -0.4 is 15.5 Å². The summed E-state index contributed by atoms with van der Waals surface area (Å²) in [6.45, 7) is 5.03. The minimum absolute atomic E-state index is 0.317. The van der Waals surface area contributed by atoms with E-state index in [1.165, 1.54) is 16.9 Å². The summed E-state index contributed by atoms with van der Waals surface area (Å²) in [5.74, 6) is 0. The summed E-state index contributed by atoms with van der Waals surface area (Å²) >= 11 is 1.46. The number of nitrogens with one attached hydrogen (secondary N) is 2. The van der Waals surface area contributed by atoms with Gasteiger partial charge < -0.3 is 15.1 Å². The van der Waals surface area contributed by atoms with Gasteiger partial charge >= 0.3 is 6.03 Å². The summed E-state index contributed by atoms with van der Waals surface area (Å²) in [6, 6.07) is 13.4. The normalized spacial score (nSPS) is 14.0. The molecule has 28 heavy (non-hydrogen) atoms. The molecule has 2 amide bonds. The van der Waals surface area contributed by atoms with Crippen LogP contribution in [0.4, 0.5) is 21.3 Å². The van der Waals surface area contributed by atoms with Crippen molar-refractivity contribution in [2.75, 3.05) is 41.7 Å². The summed E-state index contributed by atoms with van der Waals surface area (Å²) in [7, 11) is 0. The van der Waals surface area contributed by atoms with Gasteiger partial charge in [0.25, 0.3) is 0 Å². The molecule has 2 heterocycles. The molecule has 0 atom stereocenters. The first-order valence-corrected chi connectivity index (χ1v) is 9.87. The Hall–Kier alpha value is -3.31. The zero-order chi connectivity index (χ0) is 19.5. The number of fused-ring (bicyclic) bond motifs is 1. The number of nitriles is 1. The lowest BCUT2D eigenvalue weighted by Crippen LogP contribution is -2.44. The number of aromatic nitrogens is 1. The second-order valence-electron chi connectivity index (χ2n) is 6.69. The molecular weight excluding hydrogens is 372 g/mol. The zero-order valence-corrected chi connectivity index (χ0v) is 16.3. The Morgan fingerprint density at radius 1 is 1.14 bits per heavy atom. The van der Waals surface area contributed by atoms with Crippen molar-refractivity contribution in [1.29, 1.82) is 5.26 Å². The standard InChI is InChI=1S/C20H20N6OS/c1-14-5-6-17-18(11-14)28-20(23-17)24-19(27)22-15-3-2-4-16(12-15)26-9-7-25(13-21)8-10-26/h2-6,11-12H,7-10H2,1H3,(H2,22,23,24,27). The van der Waals surface area contributed by atoms with Crippen molar-refractivity contribution in [3.05, 3.63) is 48.0 Å². The largest absolute Gasteiger partial charge is 0.368 e. The molecule has 1 aliphatic heterocycles. The predicted octanol–water partition coefficient (Wildman–Crippen LogP) is 3.85. The molecule has 1 saturated heterocycles. The van der Waals surface area contributed by atoms with Crippen molar-refractivity contribution in [3.8, 4) is 6.19 Å². The van der Waals surface area contributed by atoms with Crippen LogP contribution in [-0.4, -0.2) is 42.1 Å². The Morgan fingerprint density at radius 3 is 2.75 bits per heavy atom. The van der Waals surface area contributed by atoms with E-state index in [0.717, 1.165) is 34.7 Å². The number of anilines is 3. The second kappa shape index (κ2) is 7.74. The smallest absolute Gasteiger partial charge is 0.325 e. The van der Waals surface area contributed by atoms with Crippen LogP contribution in [0.15, 0.2) is 42.5 Å². The number of thiazole rings is 1. The van der Waals surface area contributed by atoms with Gasteiger partial charge in [-0.3, -0.25) is 5.32 Å². The molecule has 0 bridgehead atoms. The molecule has 7 nitrogen and oxygen atoms in total. The number of rotatable bonds is 3. The first-order chi connectivity index (χ1) is 13.6. The number of nitrogens with zero attached hydrogens (tertiary/aromatic N) is 4. The molecule has 1 fully saturated rings. The van der Waals surface area contributed by atoms with E-state index in [9.17, 15) is 4.79 Å². The highest BCUT2D eigenvalue weighted by molar-refractivity contribution is 7.22. The van der Waals surface area contributed by atoms with Crippen LogP contribution >= 0.6 is 11.3 Å². The lowest BCUT2D eigenvalue weighted by atomic mass is 10.2. The van der Waals surface area contributed by atoms with Crippen LogP contribution in [-0.2, 0) is 0 Å². The van der Waals surface area contributed by atoms with Crippen LogP contribution in [0.3, 0.4) is 0 Å². The molecule has 0 unspecified atom stereocenters. The maximum atomic E-state index is 12.4. The van der Waals surface area contributed by atoms with E-state index in [1.54, 1.807) is 4.90 Å². The number of carbonyl (C=O) groups excluding carboxylic acids is 1. The Balaban J connectivity index is 1.41. The van der Waals surface area contributed by atoms with Gasteiger partial charge in [-0.25, -0.2) is 9.78 Å². The summed E-state index contributed by atoms with van der Waals surface area (Å²) in [5.41, 5.74) is 3.80. The molecule has 2 N–H and O–H groups in total. The third-order valence-corrected chi connectivity index (χ3v) is 5.59. The molecule has 0 spiro atoms. The Labute approximate surface area is 167 Å². The minimum atomic E-state index is -0.317. The van der Waals surface area contributed by atoms with Gasteiger partial charge in [-0.15, -0.1) is 0 Å². The fraction of sp³-hybridized carbons (Fsp3) is 0.250. The highest BCUT2D eigenvalue weighted by atomic mass is 32.1. The summed E-state index contributed by atoms with van der Waals surface area (Å²) in [6.07, 6.45) is 2.19. The van der Waals surface area contributed by atoms with Crippen LogP contribution in [0, 0.1) is 18.4 Å².